The Kier molecular flexibility index (Phi) is 11.7. The number of carbonyl (C=O) groups excluding carboxylic acids is 1. The quantitative estimate of drug-likeness (QED) is 0.285. The summed E-state index contributed by atoms with van der Waals surface area (Å²) in [5.41, 5.74) is 2.69. The van der Waals surface area contributed by atoms with Gasteiger partial charge in [0.05, 0.1) is 25.9 Å². The molecule has 40 heavy (non-hydrogen) atoms. The van der Waals surface area contributed by atoms with E-state index >= 15 is 0 Å². The van der Waals surface area contributed by atoms with Crippen molar-refractivity contribution in [3.05, 3.63) is 108 Å². The lowest BCUT2D eigenvalue weighted by Gasteiger charge is -2.39. The Labute approximate surface area is 236 Å². The minimum absolute atomic E-state index is 0.160. The minimum Gasteiger partial charge on any atom is -0.391 e. The van der Waals surface area contributed by atoms with Crippen molar-refractivity contribution in [3.8, 4) is 0 Å². The molecular weight excluding hydrogens is 508 g/mol. The molecule has 0 bridgehead atoms. The first kappa shape index (κ1) is 29.9. The molecule has 1 unspecified atom stereocenters. The van der Waals surface area contributed by atoms with Crippen LogP contribution in [0.25, 0.3) is 0 Å². The molecule has 214 valence electrons. The van der Waals surface area contributed by atoms with E-state index in [1.807, 2.05) is 91.0 Å². The first-order valence-corrected chi connectivity index (χ1v) is 13.8. The van der Waals surface area contributed by atoms with Gasteiger partial charge in [0.15, 0.2) is 6.10 Å². The normalized spacial score (nSPS) is 17.5. The van der Waals surface area contributed by atoms with Crippen LogP contribution in [-0.4, -0.2) is 77.7 Å². The van der Waals surface area contributed by atoms with Gasteiger partial charge in [-0.25, -0.2) is 0 Å². The Balaban J connectivity index is 1.67. The maximum Gasteiger partial charge on any atom is 0.254 e. The van der Waals surface area contributed by atoms with E-state index in [1.165, 1.54) is 6.92 Å². The Morgan fingerprint density at radius 3 is 1.60 bits per heavy atom. The number of aliphatic hydroxyl groups is 2. The van der Waals surface area contributed by atoms with Gasteiger partial charge in [0.2, 0.25) is 0 Å². The van der Waals surface area contributed by atoms with E-state index in [0.29, 0.717) is 26.2 Å². The van der Waals surface area contributed by atoms with Crippen molar-refractivity contribution >= 4 is 5.91 Å². The average Bonchev–Trinajstić information content (AvgIpc) is 3.01. The lowest BCUT2D eigenvalue weighted by Crippen LogP contribution is -2.58. The highest BCUT2D eigenvalue weighted by Crippen LogP contribution is 2.24. The molecular formula is C32H40N2O6. The van der Waals surface area contributed by atoms with Crippen molar-refractivity contribution in [1.29, 1.82) is 0 Å². The molecule has 3 aromatic carbocycles. The third kappa shape index (κ3) is 8.69. The standard InChI is InChI=1S/C32H40N2O6/c1-24(35)28(36)29(38-21-25-11-5-2-6-12-25)30(39-22-26-13-7-3-8-14-26)31(32(37)34-19-17-33-18-20-34)40-23-27-15-9-4-10-16-27/h2-16,24,28-31,33,35-36H,17-23H2,1H3/t24-,28?,29-,30+,31-/m1/s1. The molecule has 3 N–H and O–H groups in total. The summed E-state index contributed by atoms with van der Waals surface area (Å²) in [7, 11) is 0. The van der Waals surface area contributed by atoms with E-state index in [2.05, 4.69) is 5.32 Å². The highest BCUT2D eigenvalue weighted by Gasteiger charge is 2.43. The number of ether oxygens (including phenoxy) is 3. The molecule has 3 aromatic rings. The Hall–Kier alpha value is -3.11. The topological polar surface area (TPSA) is 100 Å². The zero-order valence-corrected chi connectivity index (χ0v) is 23.0. The molecule has 1 aliphatic heterocycles. The molecule has 1 heterocycles. The molecule has 8 heteroatoms. The summed E-state index contributed by atoms with van der Waals surface area (Å²) >= 11 is 0. The number of benzene rings is 3. The van der Waals surface area contributed by atoms with Crippen LogP contribution in [0.1, 0.15) is 23.6 Å². The van der Waals surface area contributed by atoms with Crippen LogP contribution < -0.4 is 5.32 Å². The number of nitrogens with zero attached hydrogens (tertiary/aromatic N) is 1. The first-order chi connectivity index (χ1) is 19.5. The number of aliphatic hydroxyl groups excluding tert-OH is 2. The van der Waals surface area contributed by atoms with Crippen LogP contribution >= 0.6 is 0 Å². The molecule has 5 atom stereocenters. The second-order valence-electron chi connectivity index (χ2n) is 10.0. The average molecular weight is 549 g/mol. The Morgan fingerprint density at radius 2 is 1.15 bits per heavy atom. The molecule has 1 saturated heterocycles. The fourth-order valence-electron chi connectivity index (χ4n) is 4.68. The van der Waals surface area contributed by atoms with Gasteiger partial charge >= 0.3 is 0 Å². The largest absolute Gasteiger partial charge is 0.391 e. The van der Waals surface area contributed by atoms with Crippen molar-refractivity contribution in [1.82, 2.24) is 10.2 Å². The van der Waals surface area contributed by atoms with Gasteiger partial charge in [-0.05, 0) is 23.6 Å². The third-order valence-corrected chi connectivity index (χ3v) is 6.97. The summed E-state index contributed by atoms with van der Waals surface area (Å²) in [5, 5.41) is 25.0. The number of hydrogen-bond donors (Lipinski definition) is 3. The van der Waals surface area contributed by atoms with Gasteiger partial charge in [-0.1, -0.05) is 91.0 Å². The molecule has 0 aromatic heterocycles. The monoisotopic (exact) mass is 548 g/mol. The van der Waals surface area contributed by atoms with Crippen LogP contribution in [-0.2, 0) is 38.8 Å². The molecule has 0 radical (unpaired) electrons. The number of rotatable bonds is 14. The highest BCUT2D eigenvalue weighted by molar-refractivity contribution is 5.82. The SMILES string of the molecule is C[C@@H](O)C(O)[C@@H](OCc1ccccc1)[C@H](OCc1ccccc1)[C@@H](OCc1ccccc1)C(=O)N1CCNCC1. The lowest BCUT2D eigenvalue weighted by molar-refractivity contribution is -0.200. The molecule has 8 nitrogen and oxygen atoms in total. The first-order valence-electron chi connectivity index (χ1n) is 13.8. The summed E-state index contributed by atoms with van der Waals surface area (Å²) < 4.78 is 19.0. The zero-order chi connectivity index (χ0) is 28.2. The maximum atomic E-state index is 14.0. The second-order valence-corrected chi connectivity index (χ2v) is 10.0. The summed E-state index contributed by atoms with van der Waals surface area (Å²) in [4.78, 5) is 15.8. The van der Waals surface area contributed by atoms with E-state index in [0.717, 1.165) is 16.7 Å². The van der Waals surface area contributed by atoms with Crippen LogP contribution in [0, 0.1) is 0 Å². The fraction of sp³-hybridized carbons (Fsp3) is 0.406. The van der Waals surface area contributed by atoms with Crippen molar-refractivity contribution < 1.29 is 29.2 Å². The van der Waals surface area contributed by atoms with E-state index in [9.17, 15) is 15.0 Å². The van der Waals surface area contributed by atoms with E-state index in [4.69, 9.17) is 14.2 Å². The zero-order valence-electron chi connectivity index (χ0n) is 23.0. The summed E-state index contributed by atoms with van der Waals surface area (Å²) in [6.07, 6.45) is -5.62. The van der Waals surface area contributed by atoms with Crippen LogP contribution in [0.5, 0.6) is 0 Å². The van der Waals surface area contributed by atoms with Crippen molar-refractivity contribution in [3.63, 3.8) is 0 Å². The summed E-state index contributed by atoms with van der Waals surface area (Å²) in [5.74, 6) is -0.235. The lowest BCUT2D eigenvalue weighted by atomic mass is 9.97. The third-order valence-electron chi connectivity index (χ3n) is 6.97. The number of carbonyl (C=O) groups is 1. The van der Waals surface area contributed by atoms with Crippen LogP contribution in [0.15, 0.2) is 91.0 Å². The highest BCUT2D eigenvalue weighted by atomic mass is 16.6. The van der Waals surface area contributed by atoms with Gasteiger partial charge in [0.25, 0.3) is 5.91 Å². The Bertz CT molecular complexity index is 1130. The Morgan fingerprint density at radius 1 is 0.725 bits per heavy atom. The van der Waals surface area contributed by atoms with Crippen molar-refractivity contribution in [2.24, 2.45) is 0 Å². The maximum absolute atomic E-state index is 14.0. The van der Waals surface area contributed by atoms with Gasteiger partial charge in [-0.3, -0.25) is 4.79 Å². The van der Waals surface area contributed by atoms with Crippen molar-refractivity contribution in [2.75, 3.05) is 26.2 Å². The number of piperazine rings is 1. The molecule has 1 fully saturated rings. The molecule has 4 rings (SSSR count). The van der Waals surface area contributed by atoms with Crippen molar-refractivity contribution in [2.45, 2.75) is 57.3 Å². The van der Waals surface area contributed by atoms with E-state index in [1.54, 1.807) is 4.90 Å². The van der Waals surface area contributed by atoms with Crippen LogP contribution in [0.3, 0.4) is 0 Å². The molecule has 1 amide bonds. The van der Waals surface area contributed by atoms with Gasteiger partial charge in [-0.2, -0.15) is 0 Å². The number of amides is 1. The molecule has 0 saturated carbocycles. The predicted molar refractivity (Wildman–Crippen MR) is 152 cm³/mol. The van der Waals surface area contributed by atoms with Crippen LogP contribution in [0.2, 0.25) is 0 Å². The predicted octanol–water partition coefficient (Wildman–Crippen LogP) is 2.92. The summed E-state index contributed by atoms with van der Waals surface area (Å²) in [6, 6.07) is 28.8. The minimum atomic E-state index is -1.33. The van der Waals surface area contributed by atoms with E-state index < -0.39 is 30.5 Å². The molecule has 0 aliphatic carbocycles. The number of nitrogens with one attached hydrogen (secondary N) is 1. The fourth-order valence-corrected chi connectivity index (χ4v) is 4.68. The van der Waals surface area contributed by atoms with Gasteiger partial charge < -0.3 is 34.6 Å². The number of hydrogen-bond acceptors (Lipinski definition) is 7. The second kappa shape index (κ2) is 15.6. The summed E-state index contributed by atoms with van der Waals surface area (Å²) in [6.45, 7) is 4.42. The van der Waals surface area contributed by atoms with Gasteiger partial charge in [0.1, 0.15) is 18.3 Å². The van der Waals surface area contributed by atoms with Gasteiger partial charge in [0, 0.05) is 26.2 Å². The smallest absolute Gasteiger partial charge is 0.254 e. The molecule has 1 aliphatic rings. The van der Waals surface area contributed by atoms with E-state index in [-0.39, 0.29) is 25.7 Å². The molecule has 0 spiro atoms. The van der Waals surface area contributed by atoms with Crippen LogP contribution in [0.4, 0.5) is 0 Å². The van der Waals surface area contributed by atoms with Gasteiger partial charge in [-0.15, -0.1) is 0 Å².